The van der Waals surface area contributed by atoms with E-state index in [1.807, 2.05) is 37.4 Å². The van der Waals surface area contributed by atoms with Gasteiger partial charge in [-0.3, -0.25) is 9.48 Å². The van der Waals surface area contributed by atoms with Crippen molar-refractivity contribution in [1.29, 1.82) is 0 Å². The van der Waals surface area contributed by atoms with Gasteiger partial charge in [0.2, 0.25) is 0 Å². The van der Waals surface area contributed by atoms with Crippen molar-refractivity contribution in [2.24, 2.45) is 12.1 Å². The van der Waals surface area contributed by atoms with Gasteiger partial charge in [0.25, 0.3) is 5.91 Å². The highest BCUT2D eigenvalue weighted by molar-refractivity contribution is 5.83. The van der Waals surface area contributed by atoms with Gasteiger partial charge in [-0.05, 0) is 12.1 Å². The summed E-state index contributed by atoms with van der Waals surface area (Å²) in [5, 5.41) is 10.8. The molecule has 0 radical (unpaired) electrons. The van der Waals surface area contributed by atoms with E-state index in [9.17, 15) is 4.79 Å². The van der Waals surface area contributed by atoms with Crippen LogP contribution in [0.1, 0.15) is 5.56 Å². The SMILES string of the molecule is Cn1cc(/C=N/NC(=O)CNc2ccccc2)cn1. The lowest BCUT2D eigenvalue weighted by atomic mass is 10.3. The fourth-order valence-electron chi connectivity index (χ4n) is 1.46. The molecule has 2 N–H and O–H groups in total. The molecule has 1 amide bonds. The van der Waals surface area contributed by atoms with Gasteiger partial charge < -0.3 is 5.32 Å². The Morgan fingerprint density at radius 3 is 2.89 bits per heavy atom. The van der Waals surface area contributed by atoms with E-state index in [4.69, 9.17) is 0 Å². The zero-order valence-electron chi connectivity index (χ0n) is 10.6. The molecule has 0 spiro atoms. The van der Waals surface area contributed by atoms with Gasteiger partial charge in [0.1, 0.15) is 0 Å². The normalized spacial score (nSPS) is 10.6. The van der Waals surface area contributed by atoms with Gasteiger partial charge in [0, 0.05) is 24.5 Å². The van der Waals surface area contributed by atoms with Gasteiger partial charge in [-0.2, -0.15) is 10.2 Å². The molecule has 0 fully saturated rings. The summed E-state index contributed by atoms with van der Waals surface area (Å²) in [7, 11) is 1.82. The molecule has 0 saturated heterocycles. The predicted molar refractivity (Wildman–Crippen MR) is 73.9 cm³/mol. The summed E-state index contributed by atoms with van der Waals surface area (Å²) in [6.07, 6.45) is 5.02. The van der Waals surface area contributed by atoms with E-state index < -0.39 is 0 Å². The molecular formula is C13H15N5O. The molecule has 98 valence electrons. The molecule has 1 heterocycles. The second-order valence-corrected chi connectivity index (χ2v) is 3.96. The minimum Gasteiger partial charge on any atom is -0.376 e. The number of rotatable bonds is 5. The third kappa shape index (κ3) is 4.27. The maximum Gasteiger partial charge on any atom is 0.259 e. The van der Waals surface area contributed by atoms with Crippen LogP contribution in [-0.4, -0.2) is 28.4 Å². The molecule has 0 atom stereocenters. The zero-order chi connectivity index (χ0) is 13.5. The van der Waals surface area contributed by atoms with Crippen LogP contribution in [-0.2, 0) is 11.8 Å². The van der Waals surface area contributed by atoms with Crippen molar-refractivity contribution in [3.05, 3.63) is 48.3 Å². The van der Waals surface area contributed by atoms with Crippen molar-refractivity contribution >= 4 is 17.8 Å². The largest absolute Gasteiger partial charge is 0.376 e. The molecule has 1 aromatic heterocycles. The summed E-state index contributed by atoms with van der Waals surface area (Å²) in [6, 6.07) is 9.52. The van der Waals surface area contributed by atoms with E-state index in [0.717, 1.165) is 11.3 Å². The van der Waals surface area contributed by atoms with E-state index in [-0.39, 0.29) is 12.5 Å². The number of carbonyl (C=O) groups excluding carboxylic acids is 1. The summed E-state index contributed by atoms with van der Waals surface area (Å²) >= 11 is 0. The number of benzene rings is 1. The lowest BCUT2D eigenvalue weighted by molar-refractivity contribution is -0.119. The smallest absolute Gasteiger partial charge is 0.259 e. The summed E-state index contributed by atoms with van der Waals surface area (Å²) < 4.78 is 1.67. The minimum absolute atomic E-state index is 0.175. The number of nitrogens with one attached hydrogen (secondary N) is 2. The number of nitrogens with zero attached hydrogens (tertiary/aromatic N) is 3. The van der Waals surface area contributed by atoms with Gasteiger partial charge >= 0.3 is 0 Å². The van der Waals surface area contributed by atoms with Crippen LogP contribution in [0.2, 0.25) is 0 Å². The highest BCUT2D eigenvalue weighted by atomic mass is 16.2. The molecule has 0 aliphatic heterocycles. The second kappa shape index (κ2) is 6.34. The first kappa shape index (κ1) is 12.8. The Morgan fingerprint density at radius 2 is 2.21 bits per heavy atom. The van der Waals surface area contributed by atoms with Crippen molar-refractivity contribution in [2.45, 2.75) is 0 Å². The van der Waals surface area contributed by atoms with E-state index in [1.54, 1.807) is 23.3 Å². The van der Waals surface area contributed by atoms with E-state index in [0.29, 0.717) is 0 Å². The quantitative estimate of drug-likeness (QED) is 0.619. The average molecular weight is 257 g/mol. The Balaban J connectivity index is 1.74. The minimum atomic E-state index is -0.205. The topological polar surface area (TPSA) is 71.3 Å². The number of carbonyl (C=O) groups is 1. The van der Waals surface area contributed by atoms with Crippen molar-refractivity contribution < 1.29 is 4.79 Å². The number of para-hydroxylation sites is 1. The molecule has 0 aliphatic rings. The van der Waals surface area contributed by atoms with Gasteiger partial charge in [0.15, 0.2) is 0 Å². The lowest BCUT2D eigenvalue weighted by Crippen LogP contribution is -2.25. The number of amides is 1. The molecule has 0 unspecified atom stereocenters. The number of hydrogen-bond acceptors (Lipinski definition) is 4. The van der Waals surface area contributed by atoms with Crippen molar-refractivity contribution in [3.8, 4) is 0 Å². The first-order chi connectivity index (χ1) is 9.24. The van der Waals surface area contributed by atoms with Crippen LogP contribution < -0.4 is 10.7 Å². The van der Waals surface area contributed by atoms with Crippen LogP contribution in [0.5, 0.6) is 0 Å². The van der Waals surface area contributed by atoms with Crippen molar-refractivity contribution in [3.63, 3.8) is 0 Å². The number of hydrogen-bond donors (Lipinski definition) is 2. The Hall–Kier alpha value is -2.63. The number of aryl methyl sites for hydroxylation is 1. The molecule has 2 aromatic rings. The van der Waals surface area contributed by atoms with Crippen LogP contribution in [0, 0.1) is 0 Å². The standard InChI is InChI=1S/C13H15N5O/c1-18-10-11(8-16-18)7-15-17-13(19)9-14-12-5-3-2-4-6-12/h2-8,10,14H,9H2,1H3,(H,17,19)/b15-7+. The lowest BCUT2D eigenvalue weighted by Gasteiger charge is -2.04. The Kier molecular flexibility index (Phi) is 4.28. The maximum absolute atomic E-state index is 11.5. The molecule has 6 heteroatoms. The number of anilines is 1. The predicted octanol–water partition coefficient (Wildman–Crippen LogP) is 0.982. The molecular weight excluding hydrogens is 242 g/mol. The molecule has 1 aromatic carbocycles. The van der Waals surface area contributed by atoms with Crippen LogP contribution in [0.3, 0.4) is 0 Å². The van der Waals surface area contributed by atoms with Gasteiger partial charge in [-0.25, -0.2) is 5.43 Å². The van der Waals surface area contributed by atoms with Gasteiger partial charge in [-0.15, -0.1) is 0 Å². The van der Waals surface area contributed by atoms with E-state index >= 15 is 0 Å². The summed E-state index contributed by atoms with van der Waals surface area (Å²) in [4.78, 5) is 11.5. The summed E-state index contributed by atoms with van der Waals surface area (Å²) in [5.41, 5.74) is 4.17. The monoisotopic (exact) mass is 257 g/mol. The average Bonchev–Trinajstić information content (AvgIpc) is 2.83. The Labute approximate surface area is 111 Å². The molecule has 0 saturated carbocycles. The summed E-state index contributed by atoms with van der Waals surface area (Å²) in [5.74, 6) is -0.205. The molecule has 19 heavy (non-hydrogen) atoms. The van der Waals surface area contributed by atoms with Crippen LogP contribution in [0.15, 0.2) is 47.8 Å². The first-order valence-corrected chi connectivity index (χ1v) is 5.83. The third-order valence-electron chi connectivity index (χ3n) is 2.35. The molecule has 0 aliphatic carbocycles. The first-order valence-electron chi connectivity index (χ1n) is 5.83. The summed E-state index contributed by atoms with van der Waals surface area (Å²) in [6.45, 7) is 0.175. The van der Waals surface area contributed by atoms with E-state index in [2.05, 4.69) is 20.9 Å². The third-order valence-corrected chi connectivity index (χ3v) is 2.35. The van der Waals surface area contributed by atoms with Crippen molar-refractivity contribution in [2.75, 3.05) is 11.9 Å². The Bertz CT molecular complexity index is 561. The van der Waals surface area contributed by atoms with Crippen molar-refractivity contribution in [1.82, 2.24) is 15.2 Å². The number of hydrazone groups is 1. The van der Waals surface area contributed by atoms with E-state index in [1.165, 1.54) is 0 Å². The number of aromatic nitrogens is 2. The fraction of sp³-hybridized carbons (Fsp3) is 0.154. The Morgan fingerprint density at radius 1 is 1.42 bits per heavy atom. The molecule has 0 bridgehead atoms. The zero-order valence-corrected chi connectivity index (χ0v) is 10.6. The molecule has 2 rings (SSSR count). The maximum atomic E-state index is 11.5. The highest BCUT2D eigenvalue weighted by Gasteiger charge is 1.98. The van der Waals surface area contributed by atoms with Crippen LogP contribution in [0.25, 0.3) is 0 Å². The molecule has 6 nitrogen and oxygen atoms in total. The van der Waals surface area contributed by atoms with Gasteiger partial charge in [-0.1, -0.05) is 18.2 Å². The second-order valence-electron chi connectivity index (χ2n) is 3.96. The fourth-order valence-corrected chi connectivity index (χ4v) is 1.46. The van der Waals surface area contributed by atoms with Crippen LogP contribution in [0.4, 0.5) is 5.69 Å². The highest BCUT2D eigenvalue weighted by Crippen LogP contribution is 2.03. The van der Waals surface area contributed by atoms with Gasteiger partial charge in [0.05, 0.1) is 19.0 Å². The van der Waals surface area contributed by atoms with Crippen LogP contribution >= 0.6 is 0 Å².